The van der Waals surface area contributed by atoms with Gasteiger partial charge in [-0.15, -0.1) is 34.0 Å². The number of allylic oxidation sites excluding steroid dienone is 6. The average molecular weight is 720 g/mol. The van der Waals surface area contributed by atoms with E-state index in [4.69, 9.17) is 0 Å². The smallest absolute Gasteiger partial charge is 0.228 e. The Bertz CT molecular complexity index is 1780. The van der Waals surface area contributed by atoms with Crippen molar-refractivity contribution in [2.24, 2.45) is 0 Å². The Morgan fingerprint density at radius 1 is 0.510 bits per heavy atom. The number of Topliss-reactive ketones (excluding diaryl/α,β-unsaturated/α-hetero) is 3. The van der Waals surface area contributed by atoms with Crippen molar-refractivity contribution in [3.8, 4) is 0 Å². The van der Waals surface area contributed by atoms with E-state index in [2.05, 4.69) is 35.8 Å². The van der Waals surface area contributed by atoms with Gasteiger partial charge in [-0.25, -0.2) is 15.0 Å². The summed E-state index contributed by atoms with van der Waals surface area (Å²) in [5.74, 6) is -1.55. The number of ketones is 6. The van der Waals surface area contributed by atoms with E-state index < -0.39 is 0 Å². The van der Waals surface area contributed by atoms with E-state index in [-0.39, 0.29) is 68.9 Å². The zero-order valence-corrected chi connectivity index (χ0v) is 29.5. The van der Waals surface area contributed by atoms with Crippen molar-refractivity contribution >= 4 is 68.7 Å². The lowest BCUT2D eigenvalue weighted by Gasteiger charge is -2.24. The molecule has 0 saturated carbocycles. The van der Waals surface area contributed by atoms with Crippen LogP contribution in [0.3, 0.4) is 0 Å². The maximum atomic E-state index is 12.9. The molecule has 0 amide bonds. The van der Waals surface area contributed by atoms with Crippen molar-refractivity contribution in [3.63, 3.8) is 0 Å². The molecule has 3 aromatic rings. The third-order valence-electron chi connectivity index (χ3n) is 7.98. The molecule has 254 valence electrons. The lowest BCUT2D eigenvalue weighted by Crippen LogP contribution is -2.34. The molecule has 3 aliphatic carbocycles. The minimum absolute atomic E-state index is 0.197. The Labute approximate surface area is 293 Å². The molecule has 0 aromatic carbocycles. The standard InChI is InChI=1S/C33H33N7O6S3/c1-16-37-25-28(44)19(13-22(41)31(25)47-16)34-7-4-10-40(11-5-8-35-20-14-23(42)32-26(29(20)45)38-17(2)48-32)12-6-9-36-21-15-24(43)33-27(30(21)46)39-18(3)49-33/h13-15,34-36H,4-12H2,1-3H3. The first kappa shape index (κ1) is 34.4. The molecule has 3 N–H and O–H groups in total. The van der Waals surface area contributed by atoms with Crippen LogP contribution in [0.5, 0.6) is 0 Å². The van der Waals surface area contributed by atoms with Crippen LogP contribution in [0.15, 0.2) is 35.3 Å². The summed E-state index contributed by atoms with van der Waals surface area (Å²) in [5, 5.41) is 11.3. The van der Waals surface area contributed by atoms with Gasteiger partial charge in [0.15, 0.2) is 17.3 Å². The van der Waals surface area contributed by atoms with E-state index in [0.29, 0.717) is 88.2 Å². The number of carbonyl (C=O) groups is 6. The van der Waals surface area contributed by atoms with E-state index in [1.807, 2.05) is 0 Å². The van der Waals surface area contributed by atoms with Gasteiger partial charge in [0.1, 0.15) is 31.7 Å². The van der Waals surface area contributed by atoms with Crippen molar-refractivity contribution < 1.29 is 28.8 Å². The van der Waals surface area contributed by atoms with Gasteiger partial charge in [-0.05, 0) is 59.7 Å². The van der Waals surface area contributed by atoms with Crippen LogP contribution in [0.25, 0.3) is 0 Å². The Kier molecular flexibility index (Phi) is 10.2. The molecule has 0 fully saturated rings. The van der Waals surface area contributed by atoms with Crippen molar-refractivity contribution in [3.05, 3.63) is 82.1 Å². The number of nitrogens with zero attached hydrogens (tertiary/aromatic N) is 4. The third-order valence-corrected chi connectivity index (χ3v) is 10.9. The van der Waals surface area contributed by atoms with Gasteiger partial charge in [0, 0.05) is 37.9 Å². The maximum absolute atomic E-state index is 12.9. The topological polar surface area (TPSA) is 180 Å². The molecule has 3 heterocycles. The molecule has 6 rings (SSSR count). The van der Waals surface area contributed by atoms with Crippen molar-refractivity contribution in [2.75, 3.05) is 39.3 Å². The summed E-state index contributed by atoms with van der Waals surface area (Å²) in [4.78, 5) is 92.2. The first-order valence-electron chi connectivity index (χ1n) is 15.8. The van der Waals surface area contributed by atoms with Gasteiger partial charge in [0.05, 0.1) is 32.1 Å². The highest BCUT2D eigenvalue weighted by Gasteiger charge is 2.31. The highest BCUT2D eigenvalue weighted by Crippen LogP contribution is 2.27. The fraction of sp³-hybridized carbons (Fsp3) is 0.364. The van der Waals surface area contributed by atoms with Gasteiger partial charge >= 0.3 is 0 Å². The van der Waals surface area contributed by atoms with Crippen molar-refractivity contribution in [2.45, 2.75) is 40.0 Å². The minimum atomic E-state index is -0.289. The summed E-state index contributed by atoms with van der Waals surface area (Å²) in [5.41, 5.74) is 1.30. The van der Waals surface area contributed by atoms with Crippen molar-refractivity contribution in [1.29, 1.82) is 0 Å². The number of hydrogen-bond acceptors (Lipinski definition) is 16. The van der Waals surface area contributed by atoms with Crippen LogP contribution < -0.4 is 16.0 Å². The highest BCUT2D eigenvalue weighted by molar-refractivity contribution is 7.15. The van der Waals surface area contributed by atoms with Gasteiger partial charge in [-0.1, -0.05) is 0 Å². The van der Waals surface area contributed by atoms with Crippen LogP contribution in [-0.4, -0.2) is 93.8 Å². The summed E-state index contributed by atoms with van der Waals surface area (Å²) in [6.07, 6.45) is 5.99. The Hall–Kier alpha value is -4.51. The molecule has 0 aliphatic heterocycles. The van der Waals surface area contributed by atoms with Crippen LogP contribution in [0.1, 0.15) is 94.8 Å². The number of fused-ring (bicyclic) bond motifs is 3. The first-order chi connectivity index (χ1) is 23.5. The number of hydrogen-bond donors (Lipinski definition) is 3. The molecule has 0 spiro atoms. The summed E-state index contributed by atoms with van der Waals surface area (Å²) in [7, 11) is 0. The Morgan fingerprint density at radius 3 is 1.08 bits per heavy atom. The van der Waals surface area contributed by atoms with Crippen LogP contribution in [0, 0.1) is 20.8 Å². The number of thiazole rings is 3. The maximum Gasteiger partial charge on any atom is 0.228 e. The van der Waals surface area contributed by atoms with E-state index in [1.165, 1.54) is 52.2 Å². The second-order valence-corrected chi connectivity index (χ2v) is 15.3. The quantitative estimate of drug-likeness (QED) is 0.195. The molecule has 13 nitrogen and oxygen atoms in total. The predicted molar refractivity (Wildman–Crippen MR) is 185 cm³/mol. The predicted octanol–water partition coefficient (Wildman–Crippen LogP) is 3.41. The van der Waals surface area contributed by atoms with E-state index in [0.717, 1.165) is 0 Å². The Morgan fingerprint density at radius 2 is 0.796 bits per heavy atom. The molecular weight excluding hydrogens is 687 g/mol. The Balaban J connectivity index is 1.01. The van der Waals surface area contributed by atoms with Gasteiger partial charge in [-0.3, -0.25) is 28.8 Å². The fourth-order valence-corrected chi connectivity index (χ4v) is 8.20. The summed E-state index contributed by atoms with van der Waals surface area (Å²) >= 11 is 3.65. The number of aromatic nitrogens is 3. The molecule has 0 saturated heterocycles. The number of aryl methyl sites for hydroxylation is 3. The van der Waals surface area contributed by atoms with Crippen LogP contribution in [0.2, 0.25) is 0 Å². The van der Waals surface area contributed by atoms with Crippen LogP contribution in [0.4, 0.5) is 0 Å². The summed E-state index contributed by atoms with van der Waals surface area (Å²) in [6.45, 7) is 8.62. The number of rotatable bonds is 15. The summed E-state index contributed by atoms with van der Waals surface area (Å²) < 4.78 is 0. The SMILES string of the molecule is Cc1nc2c(s1)C(=O)C=C(NCCCN(CCCNC1=CC(=O)c3sc(C)nc3C1=O)CCCNC1=CC(=O)c3sc(C)nc3C1=O)C2=O. The fourth-order valence-electron chi connectivity index (χ4n) is 5.72. The van der Waals surface area contributed by atoms with Crippen LogP contribution >= 0.6 is 34.0 Å². The highest BCUT2D eigenvalue weighted by atomic mass is 32.1. The molecule has 3 aromatic heterocycles. The largest absolute Gasteiger partial charge is 0.382 e. The monoisotopic (exact) mass is 719 g/mol. The average Bonchev–Trinajstić information content (AvgIpc) is 3.78. The van der Waals surface area contributed by atoms with E-state index in [9.17, 15) is 28.8 Å². The van der Waals surface area contributed by atoms with Gasteiger partial charge < -0.3 is 20.9 Å². The zero-order chi connectivity index (χ0) is 34.8. The lowest BCUT2D eigenvalue weighted by molar-refractivity contribution is 0.0977. The van der Waals surface area contributed by atoms with E-state index >= 15 is 0 Å². The molecule has 0 bridgehead atoms. The first-order valence-corrected chi connectivity index (χ1v) is 18.2. The van der Waals surface area contributed by atoms with Crippen LogP contribution in [-0.2, 0) is 0 Å². The molecule has 0 radical (unpaired) electrons. The molecule has 0 atom stereocenters. The second-order valence-electron chi connectivity index (χ2n) is 11.7. The normalized spacial score (nSPS) is 15.6. The number of carbonyl (C=O) groups excluding carboxylic acids is 6. The molecule has 3 aliphatic rings. The third kappa shape index (κ3) is 7.41. The molecule has 49 heavy (non-hydrogen) atoms. The minimum Gasteiger partial charge on any atom is -0.382 e. The number of nitrogens with one attached hydrogen (secondary N) is 3. The second kappa shape index (κ2) is 14.5. The zero-order valence-electron chi connectivity index (χ0n) is 27.1. The molecule has 0 unspecified atom stereocenters. The van der Waals surface area contributed by atoms with E-state index in [1.54, 1.807) is 20.8 Å². The van der Waals surface area contributed by atoms with Gasteiger partial charge in [0.2, 0.25) is 17.3 Å². The molecular formula is C33H33N7O6S3. The van der Waals surface area contributed by atoms with Gasteiger partial charge in [-0.2, -0.15) is 0 Å². The van der Waals surface area contributed by atoms with Gasteiger partial charge in [0.25, 0.3) is 0 Å². The summed E-state index contributed by atoms with van der Waals surface area (Å²) in [6, 6.07) is 0. The lowest BCUT2D eigenvalue weighted by atomic mass is 10.0. The molecule has 16 heteroatoms. The van der Waals surface area contributed by atoms with Crippen molar-refractivity contribution in [1.82, 2.24) is 35.8 Å².